The maximum absolute atomic E-state index is 11.8. The molecule has 0 saturated carbocycles. The van der Waals surface area contributed by atoms with Crippen molar-refractivity contribution in [2.75, 3.05) is 7.05 Å². The topological polar surface area (TPSA) is 68.4 Å². The number of nitrogens with zero attached hydrogens (tertiary/aromatic N) is 3. The molecule has 1 heterocycles. The lowest BCUT2D eigenvalue weighted by Crippen LogP contribution is -2.29. The predicted molar refractivity (Wildman–Crippen MR) is 85.3 cm³/mol. The van der Waals surface area contributed by atoms with Crippen molar-refractivity contribution in [3.63, 3.8) is 0 Å². The van der Waals surface area contributed by atoms with Crippen LogP contribution >= 0.6 is 23.2 Å². The molecule has 2 rings (SSSR count). The van der Waals surface area contributed by atoms with Gasteiger partial charge < -0.3 is 0 Å². The van der Waals surface area contributed by atoms with E-state index in [2.05, 4.69) is 0 Å². The highest BCUT2D eigenvalue weighted by molar-refractivity contribution is 6.42. The lowest BCUT2D eigenvalue weighted by atomic mass is 10.2. The molecule has 0 amide bonds. The summed E-state index contributed by atoms with van der Waals surface area (Å²) >= 11 is 12.1. The van der Waals surface area contributed by atoms with Crippen LogP contribution in [0.15, 0.2) is 41.3 Å². The molecular formula is C14H13Cl2N3O3. The minimum Gasteiger partial charge on any atom is -0.295 e. The Morgan fingerprint density at radius 3 is 2.68 bits per heavy atom. The zero-order valence-electron chi connectivity index (χ0n) is 11.7. The minimum atomic E-state index is -0.538. The average molecular weight is 342 g/mol. The Morgan fingerprint density at radius 1 is 1.27 bits per heavy atom. The van der Waals surface area contributed by atoms with Crippen LogP contribution in [0.4, 0.5) is 5.69 Å². The van der Waals surface area contributed by atoms with Crippen LogP contribution in [0.25, 0.3) is 0 Å². The highest BCUT2D eigenvalue weighted by Crippen LogP contribution is 2.26. The van der Waals surface area contributed by atoms with Crippen molar-refractivity contribution in [3.8, 4) is 0 Å². The molecule has 1 aromatic carbocycles. The smallest absolute Gasteiger partial charge is 0.285 e. The van der Waals surface area contributed by atoms with E-state index in [0.717, 1.165) is 5.56 Å². The number of halogens is 2. The number of aromatic nitrogens is 1. The van der Waals surface area contributed by atoms with Crippen molar-refractivity contribution in [1.29, 1.82) is 0 Å². The highest BCUT2D eigenvalue weighted by Gasteiger charge is 2.11. The minimum absolute atomic E-state index is 0.131. The molecule has 6 nitrogen and oxygen atoms in total. The Bertz CT molecular complexity index is 761. The summed E-state index contributed by atoms with van der Waals surface area (Å²) in [4.78, 5) is 23.8. The number of hydrogen-bond donors (Lipinski definition) is 0. The van der Waals surface area contributed by atoms with Gasteiger partial charge in [0.25, 0.3) is 11.2 Å². The summed E-state index contributed by atoms with van der Waals surface area (Å²) in [5.41, 5.74) is 0.374. The summed E-state index contributed by atoms with van der Waals surface area (Å²) in [6.45, 7) is 0.651. The van der Waals surface area contributed by atoms with Gasteiger partial charge in [-0.25, -0.2) is 0 Å². The third kappa shape index (κ3) is 3.85. The molecule has 2 aromatic rings. The van der Waals surface area contributed by atoms with Gasteiger partial charge in [0.05, 0.1) is 27.8 Å². The van der Waals surface area contributed by atoms with E-state index in [9.17, 15) is 14.9 Å². The normalized spacial score (nSPS) is 10.9. The van der Waals surface area contributed by atoms with Crippen LogP contribution in [-0.2, 0) is 13.2 Å². The predicted octanol–water partition coefficient (Wildman–Crippen LogP) is 3.15. The van der Waals surface area contributed by atoms with Gasteiger partial charge in [0.15, 0.2) is 0 Å². The van der Waals surface area contributed by atoms with Crippen molar-refractivity contribution in [2.24, 2.45) is 0 Å². The second-order valence-electron chi connectivity index (χ2n) is 4.82. The molecule has 1 aromatic heterocycles. The fraction of sp³-hybridized carbons (Fsp3) is 0.214. The van der Waals surface area contributed by atoms with Gasteiger partial charge in [0.1, 0.15) is 0 Å². The van der Waals surface area contributed by atoms with E-state index in [1.165, 1.54) is 22.9 Å². The van der Waals surface area contributed by atoms with Gasteiger partial charge in [-0.3, -0.25) is 24.4 Å². The second kappa shape index (κ2) is 6.91. The maximum atomic E-state index is 11.8. The molecule has 22 heavy (non-hydrogen) atoms. The summed E-state index contributed by atoms with van der Waals surface area (Å²) in [5, 5.41) is 11.7. The van der Waals surface area contributed by atoms with Gasteiger partial charge in [-0.05, 0) is 18.7 Å². The van der Waals surface area contributed by atoms with Gasteiger partial charge in [0, 0.05) is 18.7 Å². The van der Waals surface area contributed by atoms with Crippen LogP contribution in [-0.4, -0.2) is 21.4 Å². The molecule has 0 spiro atoms. The molecule has 0 N–H and O–H groups in total. The molecule has 0 fully saturated rings. The SMILES string of the molecule is CN(Cc1cccc(Cl)c1Cl)Cn1cc([N+](=O)[O-])ccc1=O. The van der Waals surface area contributed by atoms with Crippen molar-refractivity contribution in [3.05, 3.63) is 72.6 Å². The summed E-state index contributed by atoms with van der Waals surface area (Å²) in [6.07, 6.45) is 1.22. The van der Waals surface area contributed by atoms with Crippen LogP contribution in [0.1, 0.15) is 5.56 Å². The fourth-order valence-electron chi connectivity index (χ4n) is 2.01. The van der Waals surface area contributed by atoms with Crippen LogP contribution in [0.5, 0.6) is 0 Å². The van der Waals surface area contributed by atoms with E-state index in [4.69, 9.17) is 23.2 Å². The first-order valence-electron chi connectivity index (χ1n) is 6.35. The summed E-state index contributed by atoms with van der Waals surface area (Å²) in [7, 11) is 1.78. The van der Waals surface area contributed by atoms with Crippen LogP contribution in [0.2, 0.25) is 10.0 Å². The van der Waals surface area contributed by atoms with Gasteiger partial charge in [-0.15, -0.1) is 0 Å². The quantitative estimate of drug-likeness (QED) is 0.618. The van der Waals surface area contributed by atoms with E-state index in [0.29, 0.717) is 16.6 Å². The highest BCUT2D eigenvalue weighted by atomic mass is 35.5. The summed E-state index contributed by atoms with van der Waals surface area (Å²) < 4.78 is 1.27. The Kier molecular flexibility index (Phi) is 5.18. The Hall–Kier alpha value is -1.89. The zero-order valence-corrected chi connectivity index (χ0v) is 13.2. The lowest BCUT2D eigenvalue weighted by molar-refractivity contribution is -0.385. The van der Waals surface area contributed by atoms with Crippen molar-refractivity contribution < 1.29 is 4.92 Å². The van der Waals surface area contributed by atoms with E-state index < -0.39 is 4.92 Å². The van der Waals surface area contributed by atoms with Crippen molar-refractivity contribution in [2.45, 2.75) is 13.2 Å². The molecule has 0 aliphatic carbocycles. The third-order valence-electron chi connectivity index (χ3n) is 3.04. The molecule has 0 aliphatic heterocycles. The third-order valence-corrected chi connectivity index (χ3v) is 3.90. The molecular weight excluding hydrogens is 329 g/mol. The largest absolute Gasteiger partial charge is 0.295 e. The number of pyridine rings is 1. The first-order valence-corrected chi connectivity index (χ1v) is 7.10. The zero-order chi connectivity index (χ0) is 16.3. The van der Waals surface area contributed by atoms with E-state index in [-0.39, 0.29) is 17.9 Å². The first-order chi connectivity index (χ1) is 10.4. The molecule has 0 saturated heterocycles. The van der Waals surface area contributed by atoms with Crippen LogP contribution in [0.3, 0.4) is 0 Å². The number of nitro groups is 1. The monoisotopic (exact) mass is 341 g/mol. The van der Waals surface area contributed by atoms with E-state index >= 15 is 0 Å². The lowest BCUT2D eigenvalue weighted by Gasteiger charge is -2.19. The standard InChI is InChI=1S/C14H13Cl2N3O3/c1-17(7-10-3-2-4-12(15)14(10)16)9-18-8-11(19(21)22)5-6-13(18)20/h2-6,8H,7,9H2,1H3. The Balaban J connectivity index is 2.17. The first kappa shape index (κ1) is 16.5. The fourth-order valence-corrected chi connectivity index (χ4v) is 2.39. The molecule has 8 heteroatoms. The molecule has 116 valence electrons. The number of hydrogen-bond acceptors (Lipinski definition) is 4. The molecule has 0 aliphatic rings. The van der Waals surface area contributed by atoms with Gasteiger partial charge in [-0.1, -0.05) is 35.3 Å². The van der Waals surface area contributed by atoms with Gasteiger partial charge in [-0.2, -0.15) is 0 Å². The molecule has 0 radical (unpaired) electrons. The maximum Gasteiger partial charge on any atom is 0.285 e. The Labute approximate surface area is 136 Å². The Morgan fingerprint density at radius 2 is 2.00 bits per heavy atom. The van der Waals surface area contributed by atoms with Crippen molar-refractivity contribution in [1.82, 2.24) is 9.47 Å². The summed E-state index contributed by atoms with van der Waals surface area (Å²) in [6, 6.07) is 7.68. The number of rotatable bonds is 5. The van der Waals surface area contributed by atoms with E-state index in [1.807, 2.05) is 11.0 Å². The average Bonchev–Trinajstić information content (AvgIpc) is 2.46. The van der Waals surface area contributed by atoms with Crippen LogP contribution < -0.4 is 5.56 Å². The molecule has 0 unspecified atom stereocenters. The molecule has 0 atom stereocenters. The van der Waals surface area contributed by atoms with E-state index in [1.54, 1.807) is 19.2 Å². The molecule has 0 bridgehead atoms. The summed E-state index contributed by atoms with van der Waals surface area (Å²) in [5.74, 6) is 0. The van der Waals surface area contributed by atoms with Crippen LogP contribution in [0, 0.1) is 10.1 Å². The number of benzene rings is 1. The van der Waals surface area contributed by atoms with Crippen molar-refractivity contribution >= 4 is 28.9 Å². The van der Waals surface area contributed by atoms with Gasteiger partial charge in [0.2, 0.25) is 0 Å². The second-order valence-corrected chi connectivity index (χ2v) is 5.61. The van der Waals surface area contributed by atoms with Gasteiger partial charge >= 0.3 is 0 Å².